The number of hydrogen-bond acceptors (Lipinski definition) is 4. The number of aromatic hydroxyl groups is 1. The van der Waals surface area contributed by atoms with Gasteiger partial charge in [0.2, 0.25) is 5.88 Å². The molecule has 2 N–H and O–H groups in total. The maximum atomic E-state index is 12.9. The van der Waals surface area contributed by atoms with E-state index in [1.165, 1.54) is 18.3 Å². The van der Waals surface area contributed by atoms with Crippen LogP contribution in [-0.4, -0.2) is 59.6 Å². The zero-order valence-corrected chi connectivity index (χ0v) is 17.7. The van der Waals surface area contributed by atoms with Crippen LogP contribution in [0.25, 0.3) is 0 Å². The second-order valence-electron chi connectivity index (χ2n) is 7.07. The number of likely N-dealkylation sites (N-methyl/N-ethyl adjacent to an activating group) is 1. The number of hydrogen-bond donors (Lipinski definition) is 2. The normalized spacial score (nSPS) is 11.6. The van der Waals surface area contributed by atoms with Crippen LogP contribution in [-0.2, 0) is 13.0 Å². The van der Waals surface area contributed by atoms with Gasteiger partial charge < -0.3 is 33.6 Å². The fraction of sp³-hybridized carbons (Fsp3) is 0.389. The molecule has 0 aliphatic rings. The first-order valence-electron chi connectivity index (χ1n) is 8.28. The Kier molecular flexibility index (Phi) is 8.35. The molecule has 0 spiro atoms. The summed E-state index contributed by atoms with van der Waals surface area (Å²) in [6, 6.07) is 5.87. The van der Waals surface area contributed by atoms with Crippen LogP contribution in [0.4, 0.5) is 4.39 Å². The maximum Gasteiger partial charge on any atom is 0.331 e. The Morgan fingerprint density at radius 1 is 1.22 bits per heavy atom. The van der Waals surface area contributed by atoms with Gasteiger partial charge in [0.05, 0.1) is 34.2 Å². The molecule has 0 aliphatic heterocycles. The van der Waals surface area contributed by atoms with Gasteiger partial charge in [-0.2, -0.15) is 0 Å². The summed E-state index contributed by atoms with van der Waals surface area (Å²) in [5.74, 6) is -0.764. The molecule has 0 saturated heterocycles. The average molecular weight is 490 g/mol. The SMILES string of the molecule is C[N+](C)(C)CCN=Cc1c(O)n(CCc2ccc(F)cc2)c(=O)[nH]c1=O.[I-]. The van der Waals surface area contributed by atoms with Crippen molar-refractivity contribution in [3.63, 3.8) is 0 Å². The molecule has 7 nitrogen and oxygen atoms in total. The van der Waals surface area contributed by atoms with Gasteiger partial charge >= 0.3 is 5.69 Å². The predicted molar refractivity (Wildman–Crippen MR) is 98.5 cm³/mol. The number of nitrogens with one attached hydrogen (secondary N) is 1. The third-order valence-corrected chi connectivity index (χ3v) is 3.86. The van der Waals surface area contributed by atoms with Crippen molar-refractivity contribution in [3.05, 3.63) is 62.0 Å². The lowest BCUT2D eigenvalue weighted by Crippen LogP contribution is -3.00. The van der Waals surface area contributed by atoms with Gasteiger partial charge in [0.1, 0.15) is 11.4 Å². The fourth-order valence-electron chi connectivity index (χ4n) is 2.30. The van der Waals surface area contributed by atoms with E-state index in [1.54, 1.807) is 12.1 Å². The number of aromatic nitrogens is 2. The maximum absolute atomic E-state index is 12.9. The number of aromatic amines is 1. The Labute approximate surface area is 173 Å². The highest BCUT2D eigenvalue weighted by atomic mass is 127. The van der Waals surface area contributed by atoms with Crippen LogP contribution >= 0.6 is 0 Å². The largest absolute Gasteiger partial charge is 1.00 e. The van der Waals surface area contributed by atoms with Crippen molar-refractivity contribution in [2.75, 3.05) is 34.2 Å². The quantitative estimate of drug-likeness (QED) is 0.262. The van der Waals surface area contributed by atoms with Crippen molar-refractivity contribution < 1.29 is 38.0 Å². The summed E-state index contributed by atoms with van der Waals surface area (Å²) < 4.78 is 14.7. The highest BCUT2D eigenvalue weighted by Gasteiger charge is 2.13. The van der Waals surface area contributed by atoms with E-state index in [0.717, 1.165) is 21.2 Å². The van der Waals surface area contributed by atoms with Crippen LogP contribution in [0.2, 0.25) is 0 Å². The van der Waals surface area contributed by atoms with Crippen LogP contribution in [0.15, 0.2) is 38.8 Å². The van der Waals surface area contributed by atoms with Crippen molar-refractivity contribution in [2.45, 2.75) is 13.0 Å². The molecule has 0 saturated carbocycles. The number of rotatable bonds is 7. The van der Waals surface area contributed by atoms with Crippen molar-refractivity contribution in [3.8, 4) is 5.88 Å². The number of H-pyrrole nitrogens is 1. The fourth-order valence-corrected chi connectivity index (χ4v) is 2.30. The smallest absolute Gasteiger partial charge is 0.331 e. The van der Waals surface area contributed by atoms with Gasteiger partial charge in [0, 0.05) is 12.8 Å². The minimum Gasteiger partial charge on any atom is -1.00 e. The highest BCUT2D eigenvalue weighted by Crippen LogP contribution is 2.10. The Bertz CT molecular complexity index is 899. The molecular formula is C18H24FIN4O3. The Morgan fingerprint density at radius 3 is 2.44 bits per heavy atom. The Balaban J connectivity index is 0.00000364. The van der Waals surface area contributed by atoms with E-state index in [2.05, 4.69) is 9.98 Å². The second-order valence-corrected chi connectivity index (χ2v) is 7.07. The van der Waals surface area contributed by atoms with Crippen molar-refractivity contribution >= 4 is 6.21 Å². The van der Waals surface area contributed by atoms with E-state index in [4.69, 9.17) is 0 Å². The van der Waals surface area contributed by atoms with Crippen molar-refractivity contribution in [1.29, 1.82) is 0 Å². The molecule has 0 atom stereocenters. The average Bonchev–Trinajstić information content (AvgIpc) is 2.54. The highest BCUT2D eigenvalue weighted by molar-refractivity contribution is 5.81. The van der Waals surface area contributed by atoms with Crippen LogP contribution < -0.4 is 35.2 Å². The molecule has 0 bridgehead atoms. The molecule has 0 fully saturated rings. The number of nitrogens with zero attached hydrogens (tertiary/aromatic N) is 3. The lowest BCUT2D eigenvalue weighted by atomic mass is 10.1. The lowest BCUT2D eigenvalue weighted by molar-refractivity contribution is -0.868. The van der Waals surface area contributed by atoms with E-state index in [-0.39, 0.29) is 41.9 Å². The van der Waals surface area contributed by atoms with Crippen LogP contribution in [0.5, 0.6) is 5.88 Å². The number of benzene rings is 1. The molecule has 1 aromatic carbocycles. The first-order chi connectivity index (χ1) is 12.2. The summed E-state index contributed by atoms with van der Waals surface area (Å²) in [5.41, 5.74) is -0.621. The van der Waals surface area contributed by atoms with Crippen LogP contribution in [0.1, 0.15) is 11.1 Å². The zero-order chi connectivity index (χ0) is 19.3. The number of aryl methyl sites for hydroxylation is 1. The third kappa shape index (κ3) is 6.90. The molecule has 0 unspecified atom stereocenters. The minimum atomic E-state index is -0.696. The summed E-state index contributed by atoms with van der Waals surface area (Å²) in [5, 5.41) is 10.3. The zero-order valence-electron chi connectivity index (χ0n) is 15.6. The third-order valence-electron chi connectivity index (χ3n) is 3.86. The number of aliphatic imine (C=N–C) groups is 1. The van der Waals surface area contributed by atoms with Gasteiger partial charge in [0.15, 0.2) is 0 Å². The van der Waals surface area contributed by atoms with E-state index in [0.29, 0.717) is 13.0 Å². The molecule has 2 aromatic rings. The summed E-state index contributed by atoms with van der Waals surface area (Å²) in [7, 11) is 6.07. The lowest BCUT2D eigenvalue weighted by Gasteiger charge is -2.22. The summed E-state index contributed by atoms with van der Waals surface area (Å²) in [6.07, 6.45) is 1.69. The van der Waals surface area contributed by atoms with Gasteiger partial charge in [0.25, 0.3) is 5.56 Å². The molecular weight excluding hydrogens is 466 g/mol. The van der Waals surface area contributed by atoms with Crippen LogP contribution in [0, 0.1) is 5.82 Å². The van der Waals surface area contributed by atoms with E-state index in [1.807, 2.05) is 21.1 Å². The molecule has 27 heavy (non-hydrogen) atoms. The summed E-state index contributed by atoms with van der Waals surface area (Å²) in [4.78, 5) is 30.3. The topological polar surface area (TPSA) is 87.4 Å². The molecule has 9 heteroatoms. The minimum absolute atomic E-state index is 0. The van der Waals surface area contributed by atoms with Crippen LogP contribution in [0.3, 0.4) is 0 Å². The van der Waals surface area contributed by atoms with Gasteiger partial charge in [-0.05, 0) is 24.1 Å². The van der Waals surface area contributed by atoms with E-state index in [9.17, 15) is 19.1 Å². The predicted octanol–water partition coefficient (Wildman–Crippen LogP) is -2.25. The van der Waals surface area contributed by atoms with Gasteiger partial charge in [-0.15, -0.1) is 0 Å². The van der Waals surface area contributed by atoms with Gasteiger partial charge in [-0.1, -0.05) is 12.1 Å². The second kappa shape index (κ2) is 9.79. The Hall–Kier alpha value is -2.01. The summed E-state index contributed by atoms with van der Waals surface area (Å²) >= 11 is 0. The number of halogens is 2. The van der Waals surface area contributed by atoms with Crippen molar-refractivity contribution in [1.82, 2.24) is 9.55 Å². The molecule has 1 aromatic heterocycles. The Morgan fingerprint density at radius 2 is 1.85 bits per heavy atom. The van der Waals surface area contributed by atoms with Gasteiger partial charge in [-0.25, -0.2) is 9.18 Å². The van der Waals surface area contributed by atoms with Gasteiger partial charge in [-0.3, -0.25) is 19.3 Å². The molecule has 0 aliphatic carbocycles. The van der Waals surface area contributed by atoms with Crippen molar-refractivity contribution in [2.24, 2.45) is 4.99 Å². The molecule has 2 rings (SSSR count). The number of quaternary nitrogens is 1. The molecule has 148 valence electrons. The first kappa shape index (κ1) is 23.0. The molecule has 0 amide bonds. The first-order valence-corrected chi connectivity index (χ1v) is 8.28. The molecule has 1 heterocycles. The van der Waals surface area contributed by atoms with E-state index < -0.39 is 17.1 Å². The van der Waals surface area contributed by atoms with E-state index >= 15 is 0 Å². The monoisotopic (exact) mass is 490 g/mol. The standard InChI is InChI=1S/C18H23FN4O3.HI/c1-23(2,3)11-9-20-12-15-16(24)21-18(26)22(17(15)25)10-8-13-4-6-14(19)7-5-13;/h4-7,12H,8-11H2,1-3H3,(H-,20,21,24,25,26);1H. The summed E-state index contributed by atoms with van der Waals surface area (Å²) in [6.45, 7) is 1.39. The molecule has 0 radical (unpaired) electrons.